The Morgan fingerprint density at radius 1 is 1.19 bits per heavy atom. The molecule has 0 aliphatic heterocycles. The fourth-order valence-corrected chi connectivity index (χ4v) is 4.38. The normalized spacial score (nSPS) is 22.3. The van der Waals surface area contributed by atoms with Crippen molar-refractivity contribution in [3.8, 4) is 0 Å². The highest BCUT2D eigenvalue weighted by Crippen LogP contribution is 2.36. The lowest BCUT2D eigenvalue weighted by Crippen LogP contribution is -2.21. The lowest BCUT2D eigenvalue weighted by Gasteiger charge is -2.20. The molecule has 4 atom stereocenters. The molecule has 0 saturated heterocycles. The summed E-state index contributed by atoms with van der Waals surface area (Å²) in [5.74, 6) is -0.680. The molecule has 0 heterocycles. The lowest BCUT2D eigenvalue weighted by molar-refractivity contribution is -0.137. The van der Waals surface area contributed by atoms with E-state index >= 15 is 0 Å². The number of ether oxygens (including phenoxy) is 2. The molecule has 1 fully saturated rings. The number of ketones is 1. The summed E-state index contributed by atoms with van der Waals surface area (Å²) in [5, 5.41) is 19.2. The number of methoxy groups -OCH3 is 2. The Kier molecular flexibility index (Phi) is 10.9. The average Bonchev–Trinajstić information content (AvgIpc) is 3.04. The van der Waals surface area contributed by atoms with Gasteiger partial charge in [0.1, 0.15) is 5.78 Å². The van der Waals surface area contributed by atoms with Gasteiger partial charge in [-0.3, -0.25) is 9.59 Å². The van der Waals surface area contributed by atoms with E-state index in [1.165, 1.54) is 0 Å². The minimum atomic E-state index is -0.761. The molecule has 6 nitrogen and oxygen atoms in total. The molecular weight excluding hydrogens is 396 g/mol. The molecule has 0 amide bonds. The molecule has 0 spiro atoms. The fraction of sp³-hybridized carbons (Fsp3) is 0.600. The summed E-state index contributed by atoms with van der Waals surface area (Å²) in [6.45, 7) is 0.539. The standard InChI is InChI=1S/C25H36O6/c1-30-17-19-9-7-8-18(14-19)15-20(26)12-13-22-21(23(27)16-24(22)31-2)10-5-3-4-6-11-25(28)29/h7-9,12-14,20-22,24,26H,3-6,10-11,15-17H2,1-2H3,(H,28,29)/b13-12+/t20-,21-,22-,24-/m1/s1. The van der Waals surface area contributed by atoms with Gasteiger partial charge in [0.15, 0.2) is 0 Å². The maximum absolute atomic E-state index is 12.5. The van der Waals surface area contributed by atoms with Gasteiger partial charge in [0.25, 0.3) is 0 Å². The number of carbonyl (C=O) groups is 2. The Balaban J connectivity index is 1.90. The summed E-state index contributed by atoms with van der Waals surface area (Å²) < 4.78 is 10.7. The number of hydrogen-bond donors (Lipinski definition) is 2. The minimum Gasteiger partial charge on any atom is -0.481 e. The molecule has 0 radical (unpaired) electrons. The van der Waals surface area contributed by atoms with Gasteiger partial charge < -0.3 is 19.7 Å². The zero-order valence-corrected chi connectivity index (χ0v) is 18.7. The lowest BCUT2D eigenvalue weighted by atomic mass is 9.88. The van der Waals surface area contributed by atoms with Gasteiger partial charge in [-0.15, -0.1) is 0 Å². The summed E-state index contributed by atoms with van der Waals surface area (Å²) in [6, 6.07) is 7.98. The molecule has 0 unspecified atom stereocenters. The van der Waals surface area contributed by atoms with Crippen LogP contribution in [0.15, 0.2) is 36.4 Å². The van der Waals surface area contributed by atoms with Crippen molar-refractivity contribution in [3.63, 3.8) is 0 Å². The van der Waals surface area contributed by atoms with E-state index in [2.05, 4.69) is 0 Å². The van der Waals surface area contributed by atoms with Crippen LogP contribution in [0.25, 0.3) is 0 Å². The predicted octanol–water partition coefficient (Wildman–Crippen LogP) is 3.94. The second-order valence-electron chi connectivity index (χ2n) is 8.38. The SMILES string of the molecule is COCc1cccc(C[C@H](O)/C=C/[C@H]2[C@H](OC)CC(=O)[C@@H]2CCCCCCC(=O)O)c1. The van der Waals surface area contributed by atoms with Crippen molar-refractivity contribution in [2.45, 2.75) is 70.2 Å². The summed E-state index contributed by atoms with van der Waals surface area (Å²) >= 11 is 0. The molecule has 6 heteroatoms. The van der Waals surface area contributed by atoms with Crippen LogP contribution in [0.4, 0.5) is 0 Å². The van der Waals surface area contributed by atoms with Crippen LogP contribution in [0, 0.1) is 11.8 Å². The molecule has 0 aromatic heterocycles. The molecule has 2 rings (SSSR count). The minimum absolute atomic E-state index is 0.0361. The molecule has 31 heavy (non-hydrogen) atoms. The van der Waals surface area contributed by atoms with Crippen LogP contribution >= 0.6 is 0 Å². The molecule has 1 aliphatic rings. The van der Waals surface area contributed by atoms with Crippen LogP contribution in [0.3, 0.4) is 0 Å². The Bertz CT molecular complexity index is 728. The quantitative estimate of drug-likeness (QED) is 0.342. The van der Waals surface area contributed by atoms with E-state index in [0.717, 1.165) is 36.8 Å². The van der Waals surface area contributed by atoms with Crippen molar-refractivity contribution in [2.24, 2.45) is 11.8 Å². The smallest absolute Gasteiger partial charge is 0.303 e. The van der Waals surface area contributed by atoms with Crippen LogP contribution in [0.2, 0.25) is 0 Å². The van der Waals surface area contributed by atoms with Crippen molar-refractivity contribution in [1.29, 1.82) is 0 Å². The highest BCUT2D eigenvalue weighted by molar-refractivity contribution is 5.84. The van der Waals surface area contributed by atoms with Gasteiger partial charge in [0.2, 0.25) is 0 Å². The number of carboxylic acids is 1. The van der Waals surface area contributed by atoms with Gasteiger partial charge in [-0.2, -0.15) is 0 Å². The van der Waals surface area contributed by atoms with Crippen LogP contribution < -0.4 is 0 Å². The number of benzene rings is 1. The van der Waals surface area contributed by atoms with Crippen molar-refractivity contribution >= 4 is 11.8 Å². The third-order valence-electron chi connectivity index (χ3n) is 5.97. The van der Waals surface area contributed by atoms with Crippen molar-refractivity contribution in [2.75, 3.05) is 14.2 Å². The second kappa shape index (κ2) is 13.4. The van der Waals surface area contributed by atoms with E-state index in [9.17, 15) is 14.7 Å². The Labute approximate surface area is 185 Å². The molecule has 1 aromatic rings. The van der Waals surface area contributed by atoms with Crippen LogP contribution in [-0.4, -0.2) is 48.4 Å². The van der Waals surface area contributed by atoms with Gasteiger partial charge >= 0.3 is 5.97 Å². The first-order chi connectivity index (χ1) is 14.9. The molecular formula is C25H36O6. The summed E-state index contributed by atoms with van der Waals surface area (Å²) in [4.78, 5) is 23.1. The Morgan fingerprint density at radius 2 is 1.94 bits per heavy atom. The first kappa shape index (κ1) is 25.2. The topological polar surface area (TPSA) is 93.1 Å². The van der Waals surface area contributed by atoms with E-state index in [1.54, 1.807) is 20.3 Å². The molecule has 172 valence electrons. The number of aliphatic hydroxyl groups excluding tert-OH is 1. The van der Waals surface area contributed by atoms with Crippen molar-refractivity contribution < 1.29 is 29.3 Å². The fourth-order valence-electron chi connectivity index (χ4n) is 4.38. The zero-order valence-electron chi connectivity index (χ0n) is 18.7. The average molecular weight is 433 g/mol. The summed E-state index contributed by atoms with van der Waals surface area (Å²) in [6.07, 6.45) is 8.19. The number of rotatable bonds is 14. The third kappa shape index (κ3) is 8.56. The van der Waals surface area contributed by atoms with Gasteiger partial charge in [0.05, 0.1) is 18.8 Å². The first-order valence-corrected chi connectivity index (χ1v) is 11.1. The highest BCUT2D eigenvalue weighted by Gasteiger charge is 2.40. The highest BCUT2D eigenvalue weighted by atomic mass is 16.5. The Hall–Kier alpha value is -2.02. The maximum atomic E-state index is 12.5. The monoisotopic (exact) mass is 432 g/mol. The van der Waals surface area contributed by atoms with Gasteiger partial charge in [-0.25, -0.2) is 0 Å². The van der Waals surface area contributed by atoms with Crippen molar-refractivity contribution in [1.82, 2.24) is 0 Å². The van der Waals surface area contributed by atoms with E-state index in [1.807, 2.05) is 30.3 Å². The maximum Gasteiger partial charge on any atom is 0.303 e. The first-order valence-electron chi connectivity index (χ1n) is 11.1. The van der Waals surface area contributed by atoms with Gasteiger partial charge in [-0.1, -0.05) is 55.7 Å². The van der Waals surface area contributed by atoms with E-state index < -0.39 is 12.1 Å². The zero-order chi connectivity index (χ0) is 22.6. The van der Waals surface area contributed by atoms with Gasteiger partial charge in [-0.05, 0) is 24.0 Å². The number of aliphatic carboxylic acids is 1. The van der Waals surface area contributed by atoms with E-state index in [0.29, 0.717) is 25.9 Å². The van der Waals surface area contributed by atoms with Crippen molar-refractivity contribution in [3.05, 3.63) is 47.5 Å². The third-order valence-corrected chi connectivity index (χ3v) is 5.97. The van der Waals surface area contributed by atoms with Crippen LogP contribution in [-0.2, 0) is 32.1 Å². The Morgan fingerprint density at radius 3 is 2.65 bits per heavy atom. The molecule has 1 saturated carbocycles. The predicted molar refractivity (Wildman–Crippen MR) is 119 cm³/mol. The van der Waals surface area contributed by atoms with Gasteiger partial charge in [0, 0.05) is 45.3 Å². The summed E-state index contributed by atoms with van der Waals surface area (Å²) in [7, 11) is 3.29. The van der Waals surface area contributed by atoms with E-state index in [-0.39, 0.29) is 30.1 Å². The van der Waals surface area contributed by atoms with E-state index in [4.69, 9.17) is 14.6 Å². The largest absolute Gasteiger partial charge is 0.481 e. The number of unbranched alkanes of at least 4 members (excludes halogenated alkanes) is 3. The molecule has 2 N–H and O–H groups in total. The molecule has 1 aliphatic carbocycles. The second-order valence-corrected chi connectivity index (χ2v) is 8.38. The van der Waals surface area contributed by atoms with Crippen LogP contribution in [0.1, 0.15) is 56.1 Å². The number of Topliss-reactive ketones (excluding diaryl/α,β-unsaturated/α-hetero) is 1. The number of hydrogen-bond acceptors (Lipinski definition) is 5. The van der Waals surface area contributed by atoms with Crippen LogP contribution in [0.5, 0.6) is 0 Å². The number of carbonyl (C=O) groups excluding carboxylic acids is 1. The number of aliphatic hydroxyl groups is 1. The molecule has 1 aromatic carbocycles. The molecule has 0 bridgehead atoms. The number of carboxylic acid groups (broad SMARTS) is 1. The summed E-state index contributed by atoms with van der Waals surface area (Å²) in [5.41, 5.74) is 2.11.